The molecular weight excluding hydrogens is 172 g/mol. The molecule has 0 saturated carbocycles. The molecule has 0 bridgehead atoms. The third kappa shape index (κ3) is 3.17. The first-order chi connectivity index (χ1) is 6.18. The molecule has 1 N–H and O–H groups in total. The molecule has 1 aliphatic rings. The zero-order chi connectivity index (χ0) is 11.0. The van der Waals surface area contributed by atoms with Gasteiger partial charge in [0.05, 0.1) is 6.54 Å². The lowest BCUT2D eigenvalue weighted by atomic mass is 9.87. The van der Waals surface area contributed by atoms with Crippen LogP contribution in [0.4, 0.5) is 0 Å². The van der Waals surface area contributed by atoms with Gasteiger partial charge in [0.1, 0.15) is 5.84 Å². The number of rotatable bonds is 0. The lowest BCUT2D eigenvalue weighted by molar-refractivity contribution is 0.499. The maximum Gasteiger partial charge on any atom is 0.121 e. The highest BCUT2D eigenvalue weighted by molar-refractivity contribution is 5.96. The van der Waals surface area contributed by atoms with Gasteiger partial charge in [-0.05, 0) is 37.8 Å². The van der Waals surface area contributed by atoms with E-state index in [1.807, 2.05) is 0 Å². The zero-order valence-corrected chi connectivity index (χ0v) is 10.2. The standard InChI is InChI=1S/C12H22N2/c1-11(2,3)9-7-10(13-8-9)14-12(4,5)6/h7H,8H2,1-6H3,(H,13,14). The lowest BCUT2D eigenvalue weighted by Crippen LogP contribution is -2.39. The molecule has 2 nitrogen and oxygen atoms in total. The van der Waals surface area contributed by atoms with E-state index < -0.39 is 0 Å². The predicted molar refractivity (Wildman–Crippen MR) is 62.7 cm³/mol. The van der Waals surface area contributed by atoms with Gasteiger partial charge in [0.15, 0.2) is 0 Å². The van der Waals surface area contributed by atoms with Gasteiger partial charge >= 0.3 is 0 Å². The number of nitrogens with zero attached hydrogens (tertiary/aromatic N) is 1. The van der Waals surface area contributed by atoms with Crippen LogP contribution in [0.1, 0.15) is 41.5 Å². The number of aliphatic imine (C=N–C) groups is 1. The monoisotopic (exact) mass is 194 g/mol. The van der Waals surface area contributed by atoms with Crippen LogP contribution in [0.5, 0.6) is 0 Å². The summed E-state index contributed by atoms with van der Waals surface area (Å²) in [6.07, 6.45) is 2.19. The van der Waals surface area contributed by atoms with Crippen molar-refractivity contribution in [1.29, 1.82) is 0 Å². The summed E-state index contributed by atoms with van der Waals surface area (Å²) in [5.41, 5.74) is 1.75. The van der Waals surface area contributed by atoms with Crippen LogP contribution in [0.2, 0.25) is 0 Å². The second-order valence-corrected chi connectivity index (χ2v) is 6.00. The molecule has 0 saturated heterocycles. The SMILES string of the molecule is CC(C)(C)NC1=NCC(C(C)(C)C)=C1. The molecule has 0 spiro atoms. The van der Waals surface area contributed by atoms with Crippen LogP contribution in [0.15, 0.2) is 16.6 Å². The highest BCUT2D eigenvalue weighted by Crippen LogP contribution is 2.27. The second-order valence-electron chi connectivity index (χ2n) is 6.00. The molecule has 0 aromatic rings. The van der Waals surface area contributed by atoms with Gasteiger partial charge in [-0.2, -0.15) is 0 Å². The minimum absolute atomic E-state index is 0.0999. The van der Waals surface area contributed by atoms with Gasteiger partial charge in [-0.1, -0.05) is 20.8 Å². The van der Waals surface area contributed by atoms with Crippen molar-refractivity contribution in [3.63, 3.8) is 0 Å². The van der Waals surface area contributed by atoms with Crippen molar-refractivity contribution in [3.8, 4) is 0 Å². The largest absolute Gasteiger partial charge is 0.366 e. The summed E-state index contributed by atoms with van der Waals surface area (Å²) in [6.45, 7) is 14.0. The first-order valence-electron chi connectivity index (χ1n) is 5.22. The molecule has 2 heteroatoms. The summed E-state index contributed by atoms with van der Waals surface area (Å²) in [4.78, 5) is 4.48. The molecule has 14 heavy (non-hydrogen) atoms. The highest BCUT2D eigenvalue weighted by Gasteiger charge is 2.22. The van der Waals surface area contributed by atoms with E-state index in [1.165, 1.54) is 5.57 Å². The molecule has 80 valence electrons. The van der Waals surface area contributed by atoms with Crippen LogP contribution in [-0.2, 0) is 0 Å². The second kappa shape index (κ2) is 3.41. The van der Waals surface area contributed by atoms with E-state index in [2.05, 4.69) is 57.9 Å². The fraction of sp³-hybridized carbons (Fsp3) is 0.750. The van der Waals surface area contributed by atoms with Gasteiger partial charge in [0, 0.05) is 5.54 Å². The van der Waals surface area contributed by atoms with Gasteiger partial charge in [0.2, 0.25) is 0 Å². The van der Waals surface area contributed by atoms with Crippen LogP contribution < -0.4 is 5.32 Å². The topological polar surface area (TPSA) is 24.4 Å². The molecule has 1 heterocycles. The fourth-order valence-electron chi connectivity index (χ4n) is 1.34. The Balaban J connectivity index is 2.66. The van der Waals surface area contributed by atoms with Crippen molar-refractivity contribution >= 4 is 5.84 Å². The summed E-state index contributed by atoms with van der Waals surface area (Å²) in [7, 11) is 0. The smallest absolute Gasteiger partial charge is 0.121 e. The van der Waals surface area contributed by atoms with E-state index in [9.17, 15) is 0 Å². The number of amidine groups is 1. The van der Waals surface area contributed by atoms with Crippen LogP contribution in [0.25, 0.3) is 0 Å². The summed E-state index contributed by atoms with van der Waals surface area (Å²) >= 11 is 0. The van der Waals surface area contributed by atoms with Crippen molar-refractivity contribution in [1.82, 2.24) is 5.32 Å². The van der Waals surface area contributed by atoms with E-state index in [0.717, 1.165) is 12.4 Å². The lowest BCUT2D eigenvalue weighted by Gasteiger charge is -2.21. The van der Waals surface area contributed by atoms with Gasteiger partial charge in [-0.15, -0.1) is 0 Å². The Morgan fingerprint density at radius 3 is 2.07 bits per heavy atom. The minimum atomic E-state index is 0.0999. The predicted octanol–water partition coefficient (Wildman–Crippen LogP) is 2.76. The summed E-state index contributed by atoms with van der Waals surface area (Å²) in [5, 5.41) is 3.39. The Labute approximate surface area is 87.5 Å². The van der Waals surface area contributed by atoms with Gasteiger partial charge in [0.25, 0.3) is 0 Å². The molecule has 1 rings (SSSR count). The number of hydrogen-bond acceptors (Lipinski definition) is 2. The van der Waals surface area contributed by atoms with Crippen molar-refractivity contribution in [3.05, 3.63) is 11.6 Å². The first-order valence-corrected chi connectivity index (χ1v) is 5.22. The zero-order valence-electron chi connectivity index (χ0n) is 10.2. The number of nitrogens with one attached hydrogen (secondary N) is 1. The minimum Gasteiger partial charge on any atom is -0.366 e. The normalized spacial score (nSPS) is 17.9. The Morgan fingerprint density at radius 2 is 1.71 bits per heavy atom. The van der Waals surface area contributed by atoms with Gasteiger partial charge < -0.3 is 5.32 Å². The molecule has 0 unspecified atom stereocenters. The average molecular weight is 194 g/mol. The third-order valence-corrected chi connectivity index (χ3v) is 2.20. The van der Waals surface area contributed by atoms with E-state index in [1.54, 1.807) is 0 Å². The fourth-order valence-corrected chi connectivity index (χ4v) is 1.34. The molecule has 0 aromatic heterocycles. The van der Waals surface area contributed by atoms with E-state index >= 15 is 0 Å². The van der Waals surface area contributed by atoms with Crippen molar-refractivity contribution in [2.24, 2.45) is 10.4 Å². The van der Waals surface area contributed by atoms with Crippen LogP contribution >= 0.6 is 0 Å². The summed E-state index contributed by atoms with van der Waals surface area (Å²) < 4.78 is 0. The third-order valence-electron chi connectivity index (χ3n) is 2.20. The summed E-state index contributed by atoms with van der Waals surface area (Å²) in [5.74, 6) is 1.03. The molecule has 0 aromatic carbocycles. The molecular formula is C12H22N2. The molecule has 1 aliphatic heterocycles. The molecule has 0 amide bonds. The van der Waals surface area contributed by atoms with Crippen LogP contribution in [0.3, 0.4) is 0 Å². The Morgan fingerprint density at radius 1 is 1.14 bits per heavy atom. The Bertz CT molecular complexity index is 272. The van der Waals surface area contributed by atoms with Gasteiger partial charge in [-0.3, -0.25) is 4.99 Å². The maximum absolute atomic E-state index is 4.48. The van der Waals surface area contributed by atoms with Crippen LogP contribution in [0, 0.1) is 5.41 Å². The van der Waals surface area contributed by atoms with E-state index in [4.69, 9.17) is 0 Å². The summed E-state index contributed by atoms with van der Waals surface area (Å²) in [6, 6.07) is 0. The van der Waals surface area contributed by atoms with Crippen molar-refractivity contribution < 1.29 is 0 Å². The average Bonchev–Trinajstić information content (AvgIpc) is 2.29. The Kier molecular flexibility index (Phi) is 2.75. The van der Waals surface area contributed by atoms with Crippen molar-refractivity contribution in [2.45, 2.75) is 47.1 Å². The first kappa shape index (κ1) is 11.3. The number of hydrogen-bond donors (Lipinski definition) is 1. The maximum atomic E-state index is 4.48. The Hall–Kier alpha value is -0.790. The highest BCUT2D eigenvalue weighted by atomic mass is 15.0. The van der Waals surface area contributed by atoms with Crippen LogP contribution in [-0.4, -0.2) is 17.9 Å². The molecule has 0 fully saturated rings. The molecule has 0 aliphatic carbocycles. The van der Waals surface area contributed by atoms with E-state index in [0.29, 0.717) is 0 Å². The quantitative estimate of drug-likeness (QED) is 0.630. The van der Waals surface area contributed by atoms with Gasteiger partial charge in [-0.25, -0.2) is 0 Å². The molecule has 0 atom stereocenters. The van der Waals surface area contributed by atoms with E-state index in [-0.39, 0.29) is 11.0 Å². The molecule has 0 radical (unpaired) electrons. The van der Waals surface area contributed by atoms with Crippen molar-refractivity contribution in [2.75, 3.05) is 6.54 Å².